The van der Waals surface area contributed by atoms with E-state index in [9.17, 15) is 9.18 Å². The number of carboxylic acids is 1. The van der Waals surface area contributed by atoms with Crippen LogP contribution >= 0.6 is 11.8 Å². The maximum atomic E-state index is 13.5. The fourth-order valence-corrected chi connectivity index (χ4v) is 2.65. The van der Waals surface area contributed by atoms with Crippen LogP contribution in [0.3, 0.4) is 0 Å². The minimum absolute atomic E-state index is 0.00301. The number of rotatable bonds is 5. The molecule has 0 aliphatic carbocycles. The lowest BCUT2D eigenvalue weighted by Gasteiger charge is -2.19. The molecule has 3 nitrogen and oxygen atoms in total. The zero-order valence-electron chi connectivity index (χ0n) is 9.15. The van der Waals surface area contributed by atoms with Crippen molar-refractivity contribution >= 4 is 17.7 Å². The van der Waals surface area contributed by atoms with Gasteiger partial charge >= 0.3 is 5.97 Å². The minimum Gasteiger partial charge on any atom is -0.481 e. The summed E-state index contributed by atoms with van der Waals surface area (Å²) in [5.74, 6) is -0.146. The zero-order valence-corrected chi connectivity index (χ0v) is 9.97. The summed E-state index contributed by atoms with van der Waals surface area (Å²) in [6.45, 7) is 5.36. The van der Waals surface area contributed by atoms with Crippen LogP contribution in [0.2, 0.25) is 0 Å². The molecule has 0 radical (unpaired) electrons. The van der Waals surface area contributed by atoms with E-state index in [0.717, 1.165) is 6.54 Å². The number of carbonyl (C=O) groups is 1. The Morgan fingerprint density at radius 2 is 2.27 bits per heavy atom. The summed E-state index contributed by atoms with van der Waals surface area (Å²) >= 11 is 1.31. The van der Waals surface area contributed by atoms with Gasteiger partial charge in [-0.3, -0.25) is 9.69 Å². The second kappa shape index (κ2) is 5.70. The molecule has 1 fully saturated rings. The molecule has 0 bridgehead atoms. The fourth-order valence-electron chi connectivity index (χ4n) is 1.74. The second-order valence-electron chi connectivity index (χ2n) is 4.23. The first kappa shape index (κ1) is 12.8. The summed E-state index contributed by atoms with van der Waals surface area (Å²) in [6.07, 6.45) is -0.798. The molecule has 1 saturated heterocycles. The van der Waals surface area contributed by atoms with E-state index in [1.165, 1.54) is 11.8 Å². The van der Waals surface area contributed by atoms with Gasteiger partial charge in [0, 0.05) is 30.8 Å². The highest BCUT2D eigenvalue weighted by molar-refractivity contribution is 7.99. The van der Waals surface area contributed by atoms with Crippen LogP contribution in [0.25, 0.3) is 0 Å². The third kappa shape index (κ3) is 3.99. The van der Waals surface area contributed by atoms with E-state index in [2.05, 4.69) is 18.7 Å². The van der Waals surface area contributed by atoms with Crippen LogP contribution in [0.5, 0.6) is 0 Å². The smallest absolute Gasteiger partial charge is 0.313 e. The summed E-state index contributed by atoms with van der Waals surface area (Å²) in [7, 11) is 0. The Bertz CT molecular complexity index is 225. The number of halogens is 1. The molecule has 1 aliphatic heterocycles. The third-order valence-electron chi connectivity index (χ3n) is 2.68. The predicted octanol–water partition coefficient (Wildman–Crippen LogP) is 1.48. The van der Waals surface area contributed by atoms with Crippen molar-refractivity contribution in [1.29, 1.82) is 0 Å². The molecule has 1 rings (SSSR count). The number of aliphatic carboxylic acids is 1. The first-order chi connectivity index (χ1) is 7.00. The Kier molecular flexibility index (Phi) is 4.86. The number of likely N-dealkylation sites (tertiary alicyclic amines) is 1. The van der Waals surface area contributed by atoms with Gasteiger partial charge < -0.3 is 5.11 Å². The Labute approximate surface area is 94.0 Å². The quantitative estimate of drug-likeness (QED) is 0.783. The van der Waals surface area contributed by atoms with E-state index in [1.807, 2.05) is 0 Å². The van der Waals surface area contributed by atoms with E-state index < -0.39 is 12.1 Å². The zero-order chi connectivity index (χ0) is 11.4. The Morgan fingerprint density at radius 1 is 1.60 bits per heavy atom. The molecule has 0 spiro atoms. The molecule has 0 aromatic rings. The van der Waals surface area contributed by atoms with E-state index in [1.54, 1.807) is 0 Å². The Hall–Kier alpha value is -0.290. The van der Waals surface area contributed by atoms with Gasteiger partial charge in [0.1, 0.15) is 6.17 Å². The first-order valence-electron chi connectivity index (χ1n) is 5.18. The lowest BCUT2D eigenvalue weighted by Crippen LogP contribution is -2.28. The standard InChI is InChI=1S/C10H18FNO2S/c1-7(2)12-3-8(9(11)4-12)5-15-6-10(13)14/h7-9H,3-6H2,1-2H3,(H,13,14). The number of carboxylic acid groups (broad SMARTS) is 1. The van der Waals surface area contributed by atoms with Gasteiger partial charge in [0.2, 0.25) is 0 Å². The number of hydrogen-bond acceptors (Lipinski definition) is 3. The van der Waals surface area contributed by atoms with Crippen LogP contribution in [0.1, 0.15) is 13.8 Å². The van der Waals surface area contributed by atoms with Gasteiger partial charge in [-0.25, -0.2) is 4.39 Å². The molecule has 0 aromatic heterocycles. The highest BCUT2D eigenvalue weighted by Crippen LogP contribution is 2.25. The van der Waals surface area contributed by atoms with Crippen molar-refractivity contribution in [2.45, 2.75) is 26.1 Å². The van der Waals surface area contributed by atoms with Gasteiger partial charge in [0.15, 0.2) is 0 Å². The summed E-state index contributed by atoms with van der Waals surface area (Å²) < 4.78 is 13.5. The number of nitrogens with zero attached hydrogens (tertiary/aromatic N) is 1. The average molecular weight is 235 g/mol. The molecule has 1 N–H and O–H groups in total. The lowest BCUT2D eigenvalue weighted by atomic mass is 10.1. The predicted molar refractivity (Wildman–Crippen MR) is 60.1 cm³/mol. The van der Waals surface area contributed by atoms with Crippen molar-refractivity contribution in [1.82, 2.24) is 4.90 Å². The Balaban J connectivity index is 2.28. The molecular weight excluding hydrogens is 217 g/mol. The van der Waals surface area contributed by atoms with E-state index in [-0.39, 0.29) is 11.7 Å². The SMILES string of the molecule is CC(C)N1CC(F)C(CSCC(=O)O)C1. The van der Waals surface area contributed by atoms with Crippen LogP contribution < -0.4 is 0 Å². The molecule has 2 atom stereocenters. The molecule has 2 unspecified atom stereocenters. The number of alkyl halides is 1. The van der Waals surface area contributed by atoms with Crippen LogP contribution in [-0.4, -0.2) is 52.8 Å². The molecule has 88 valence electrons. The number of thioether (sulfide) groups is 1. The van der Waals surface area contributed by atoms with Gasteiger partial charge in [0.05, 0.1) is 5.75 Å². The summed E-state index contributed by atoms with van der Waals surface area (Å²) in [5, 5.41) is 8.47. The molecule has 1 heterocycles. The van der Waals surface area contributed by atoms with Gasteiger partial charge in [-0.05, 0) is 13.8 Å². The maximum Gasteiger partial charge on any atom is 0.313 e. The monoisotopic (exact) mass is 235 g/mol. The van der Waals surface area contributed by atoms with E-state index in [4.69, 9.17) is 5.11 Å². The summed E-state index contributed by atoms with van der Waals surface area (Å²) in [5.41, 5.74) is 0. The van der Waals surface area contributed by atoms with Crippen molar-refractivity contribution in [2.24, 2.45) is 5.92 Å². The molecule has 1 aliphatic rings. The molecule has 0 saturated carbocycles. The molecule has 5 heteroatoms. The molecule has 0 aromatic carbocycles. The Morgan fingerprint density at radius 3 is 2.73 bits per heavy atom. The van der Waals surface area contributed by atoms with Gasteiger partial charge in [-0.15, -0.1) is 11.8 Å². The van der Waals surface area contributed by atoms with E-state index >= 15 is 0 Å². The van der Waals surface area contributed by atoms with Crippen LogP contribution in [0, 0.1) is 5.92 Å². The van der Waals surface area contributed by atoms with Crippen molar-refractivity contribution in [3.05, 3.63) is 0 Å². The average Bonchev–Trinajstić information content (AvgIpc) is 2.47. The molecule has 15 heavy (non-hydrogen) atoms. The van der Waals surface area contributed by atoms with Crippen molar-refractivity contribution in [2.75, 3.05) is 24.6 Å². The normalized spacial score (nSPS) is 27.5. The molecule has 0 amide bonds. The second-order valence-corrected chi connectivity index (χ2v) is 5.26. The van der Waals surface area contributed by atoms with Gasteiger partial charge in [-0.1, -0.05) is 0 Å². The fraction of sp³-hybridized carbons (Fsp3) is 0.900. The topological polar surface area (TPSA) is 40.5 Å². The third-order valence-corrected chi connectivity index (χ3v) is 3.79. The number of hydrogen-bond donors (Lipinski definition) is 1. The summed E-state index contributed by atoms with van der Waals surface area (Å²) in [4.78, 5) is 12.4. The highest BCUT2D eigenvalue weighted by atomic mass is 32.2. The first-order valence-corrected chi connectivity index (χ1v) is 6.33. The largest absolute Gasteiger partial charge is 0.481 e. The lowest BCUT2D eigenvalue weighted by molar-refractivity contribution is -0.133. The van der Waals surface area contributed by atoms with Gasteiger partial charge in [0.25, 0.3) is 0 Å². The van der Waals surface area contributed by atoms with Crippen molar-refractivity contribution in [3.63, 3.8) is 0 Å². The minimum atomic E-state index is -0.825. The maximum absolute atomic E-state index is 13.5. The van der Waals surface area contributed by atoms with Crippen LogP contribution in [0.15, 0.2) is 0 Å². The van der Waals surface area contributed by atoms with Crippen LogP contribution in [0.4, 0.5) is 4.39 Å². The van der Waals surface area contributed by atoms with Crippen molar-refractivity contribution in [3.8, 4) is 0 Å². The molecular formula is C10H18FNO2S. The van der Waals surface area contributed by atoms with Crippen molar-refractivity contribution < 1.29 is 14.3 Å². The van der Waals surface area contributed by atoms with Gasteiger partial charge in [-0.2, -0.15) is 0 Å². The summed E-state index contributed by atoms with van der Waals surface area (Å²) in [6, 6.07) is 0.373. The van der Waals surface area contributed by atoms with Crippen LogP contribution in [-0.2, 0) is 4.79 Å². The van der Waals surface area contributed by atoms with E-state index in [0.29, 0.717) is 18.3 Å². The highest BCUT2D eigenvalue weighted by Gasteiger charge is 2.33.